The maximum atomic E-state index is 10.6. The van der Waals surface area contributed by atoms with Gasteiger partial charge in [-0.2, -0.15) is 0 Å². The van der Waals surface area contributed by atoms with Gasteiger partial charge in [-0.25, -0.2) is 4.79 Å². The zero-order valence-corrected chi connectivity index (χ0v) is 8.67. The summed E-state index contributed by atoms with van der Waals surface area (Å²) >= 11 is 0. The van der Waals surface area contributed by atoms with E-state index in [9.17, 15) is 9.59 Å². The van der Waals surface area contributed by atoms with E-state index in [0.29, 0.717) is 5.69 Å². The van der Waals surface area contributed by atoms with Crippen LogP contribution in [0.5, 0.6) is 0 Å². The third kappa shape index (κ3) is 3.79. The van der Waals surface area contributed by atoms with Gasteiger partial charge >= 0.3 is 11.6 Å². The second-order valence-electron chi connectivity index (χ2n) is 3.02. The van der Waals surface area contributed by atoms with E-state index < -0.39 is 17.6 Å². The summed E-state index contributed by atoms with van der Waals surface area (Å²) in [6.07, 6.45) is 0. The number of hydrogen-bond acceptors (Lipinski definition) is 6. The van der Waals surface area contributed by atoms with Crippen LogP contribution in [0, 0.1) is 0 Å². The quantitative estimate of drug-likeness (QED) is 0.658. The van der Waals surface area contributed by atoms with Crippen LogP contribution in [-0.2, 0) is 16.1 Å². The molecule has 0 aliphatic heterocycles. The van der Waals surface area contributed by atoms with Crippen LogP contribution in [0.2, 0.25) is 0 Å². The van der Waals surface area contributed by atoms with Crippen molar-refractivity contribution in [2.45, 2.75) is 12.6 Å². The van der Waals surface area contributed by atoms with Crippen molar-refractivity contribution >= 4 is 5.97 Å². The summed E-state index contributed by atoms with van der Waals surface area (Å²) in [7, 11) is 1.53. The van der Waals surface area contributed by atoms with Crippen LogP contribution in [0.3, 0.4) is 0 Å². The van der Waals surface area contributed by atoms with E-state index in [1.54, 1.807) is 0 Å². The van der Waals surface area contributed by atoms with Crippen LogP contribution in [0.25, 0.3) is 0 Å². The van der Waals surface area contributed by atoms with Gasteiger partial charge in [0, 0.05) is 6.07 Å². The fraction of sp³-hybridized carbons (Fsp3) is 0.444. The van der Waals surface area contributed by atoms with Gasteiger partial charge in [0.15, 0.2) is 0 Å². The number of carboxylic acid groups (broad SMARTS) is 1. The standard InChI is InChI=1S/C9H12N2O5/c1-10-7(9(13)14)5-15-4-6-2-3-8(12)16-11-6/h2-3,7,10H,4-5H2,1H3,(H,13,14)/t7-/m0/s1. The molecule has 16 heavy (non-hydrogen) atoms. The molecule has 0 spiro atoms. The number of carbonyl (C=O) groups is 1. The molecule has 1 aromatic rings. The largest absolute Gasteiger partial charge is 0.480 e. The SMILES string of the molecule is CN[C@@H](COCc1ccc(=O)on1)C(=O)O. The number of nitrogens with zero attached hydrogens (tertiary/aromatic N) is 1. The molecule has 1 rings (SSSR count). The van der Waals surface area contributed by atoms with E-state index in [1.807, 2.05) is 0 Å². The summed E-state index contributed by atoms with van der Waals surface area (Å²) in [5.41, 5.74) is -0.109. The molecule has 7 nitrogen and oxygen atoms in total. The molecule has 0 amide bonds. The van der Waals surface area contributed by atoms with Gasteiger partial charge in [0.25, 0.3) is 0 Å². The average molecular weight is 228 g/mol. The normalized spacial score (nSPS) is 12.3. The Morgan fingerprint density at radius 2 is 2.44 bits per heavy atom. The summed E-state index contributed by atoms with van der Waals surface area (Å²) in [4.78, 5) is 21.2. The number of rotatable bonds is 6. The smallest absolute Gasteiger partial charge is 0.358 e. The van der Waals surface area contributed by atoms with Gasteiger partial charge in [-0.15, -0.1) is 0 Å². The van der Waals surface area contributed by atoms with Crippen LogP contribution >= 0.6 is 0 Å². The van der Waals surface area contributed by atoms with Crippen molar-refractivity contribution in [2.24, 2.45) is 0 Å². The Morgan fingerprint density at radius 3 is 2.94 bits per heavy atom. The summed E-state index contributed by atoms with van der Waals surface area (Å²) < 4.78 is 9.48. The number of ether oxygens (including phenoxy) is 1. The Labute approximate surface area is 91.0 Å². The predicted octanol–water partition coefficient (Wildman–Crippen LogP) is -0.776. The number of aromatic nitrogens is 1. The van der Waals surface area contributed by atoms with Gasteiger partial charge in [-0.3, -0.25) is 4.79 Å². The molecule has 0 aromatic carbocycles. The molecule has 0 saturated heterocycles. The topological polar surface area (TPSA) is 102 Å². The van der Waals surface area contributed by atoms with Gasteiger partial charge in [-0.1, -0.05) is 5.16 Å². The highest BCUT2D eigenvalue weighted by Gasteiger charge is 2.14. The minimum Gasteiger partial charge on any atom is -0.480 e. The zero-order chi connectivity index (χ0) is 12.0. The van der Waals surface area contributed by atoms with Gasteiger partial charge < -0.3 is 19.7 Å². The lowest BCUT2D eigenvalue weighted by atomic mass is 10.3. The van der Waals surface area contributed by atoms with Crippen molar-refractivity contribution < 1.29 is 19.2 Å². The molecule has 7 heteroatoms. The van der Waals surface area contributed by atoms with Crippen molar-refractivity contribution in [1.29, 1.82) is 0 Å². The summed E-state index contributed by atoms with van der Waals surface area (Å²) in [5.74, 6) is -0.991. The van der Waals surface area contributed by atoms with Crippen molar-refractivity contribution in [2.75, 3.05) is 13.7 Å². The van der Waals surface area contributed by atoms with Gasteiger partial charge in [0.05, 0.1) is 13.2 Å². The first-order valence-electron chi connectivity index (χ1n) is 4.57. The maximum absolute atomic E-state index is 10.6. The highest BCUT2D eigenvalue weighted by molar-refractivity contribution is 5.73. The monoisotopic (exact) mass is 228 g/mol. The van der Waals surface area contributed by atoms with Gasteiger partial charge in [-0.05, 0) is 13.1 Å². The number of aliphatic carboxylic acids is 1. The summed E-state index contributed by atoms with van der Waals surface area (Å²) in [6, 6.07) is 1.91. The Balaban J connectivity index is 2.37. The van der Waals surface area contributed by atoms with Crippen molar-refractivity contribution in [3.05, 3.63) is 28.2 Å². The first kappa shape index (κ1) is 12.3. The Kier molecular flexibility index (Phi) is 4.62. The van der Waals surface area contributed by atoms with Crippen LogP contribution in [0.4, 0.5) is 0 Å². The number of likely N-dealkylation sites (N-methyl/N-ethyl adjacent to an activating group) is 1. The van der Waals surface area contributed by atoms with Crippen molar-refractivity contribution in [1.82, 2.24) is 10.5 Å². The fourth-order valence-corrected chi connectivity index (χ4v) is 0.963. The molecule has 1 heterocycles. The maximum Gasteiger partial charge on any atom is 0.358 e. The Bertz CT molecular complexity index is 383. The Hall–Kier alpha value is -1.73. The van der Waals surface area contributed by atoms with Crippen molar-refractivity contribution in [3.8, 4) is 0 Å². The number of hydrogen-bond donors (Lipinski definition) is 2. The molecular weight excluding hydrogens is 216 g/mol. The second-order valence-corrected chi connectivity index (χ2v) is 3.02. The lowest BCUT2D eigenvalue weighted by Crippen LogP contribution is -2.38. The van der Waals surface area contributed by atoms with Crippen LogP contribution in [0.15, 0.2) is 21.5 Å². The molecule has 0 unspecified atom stereocenters. The fourth-order valence-electron chi connectivity index (χ4n) is 0.963. The predicted molar refractivity (Wildman–Crippen MR) is 52.9 cm³/mol. The lowest BCUT2D eigenvalue weighted by Gasteiger charge is -2.10. The summed E-state index contributed by atoms with van der Waals surface area (Å²) in [6.45, 7) is 0.0991. The van der Waals surface area contributed by atoms with Gasteiger partial charge in [0.2, 0.25) is 0 Å². The second kappa shape index (κ2) is 5.99. The van der Waals surface area contributed by atoms with Crippen LogP contribution in [-0.4, -0.2) is 35.9 Å². The highest BCUT2D eigenvalue weighted by Crippen LogP contribution is 1.95. The van der Waals surface area contributed by atoms with E-state index >= 15 is 0 Å². The molecule has 1 aromatic heterocycles. The van der Waals surface area contributed by atoms with Gasteiger partial charge in [0.1, 0.15) is 11.7 Å². The van der Waals surface area contributed by atoms with E-state index in [2.05, 4.69) is 15.0 Å². The third-order valence-corrected chi connectivity index (χ3v) is 1.85. The van der Waals surface area contributed by atoms with Crippen molar-refractivity contribution in [3.63, 3.8) is 0 Å². The molecule has 88 valence electrons. The molecule has 2 N–H and O–H groups in total. The van der Waals surface area contributed by atoms with E-state index in [-0.39, 0.29) is 13.2 Å². The molecule has 0 aliphatic carbocycles. The first-order chi connectivity index (χ1) is 7.63. The molecule has 1 atom stereocenters. The minimum absolute atomic E-state index is 0.00659. The van der Waals surface area contributed by atoms with E-state index in [0.717, 1.165) is 0 Å². The minimum atomic E-state index is -0.991. The molecular formula is C9H12N2O5. The van der Waals surface area contributed by atoms with E-state index in [1.165, 1.54) is 19.2 Å². The van der Waals surface area contributed by atoms with Crippen LogP contribution in [0.1, 0.15) is 5.69 Å². The molecule has 0 bridgehead atoms. The molecule has 0 radical (unpaired) electrons. The van der Waals surface area contributed by atoms with Crippen LogP contribution < -0.4 is 10.9 Å². The lowest BCUT2D eigenvalue weighted by molar-refractivity contribution is -0.141. The first-order valence-corrected chi connectivity index (χ1v) is 4.57. The zero-order valence-electron chi connectivity index (χ0n) is 8.67. The van der Waals surface area contributed by atoms with E-state index in [4.69, 9.17) is 9.84 Å². The molecule has 0 aliphatic rings. The average Bonchev–Trinajstić information content (AvgIpc) is 2.26. The highest BCUT2D eigenvalue weighted by atomic mass is 16.5. The summed E-state index contributed by atoms with van der Waals surface area (Å²) in [5, 5.41) is 14.7. The molecule has 0 fully saturated rings. The number of carboxylic acids is 1. The third-order valence-electron chi connectivity index (χ3n) is 1.85. The molecule has 0 saturated carbocycles. The Morgan fingerprint density at radius 1 is 1.69 bits per heavy atom. The number of nitrogens with one attached hydrogen (secondary N) is 1.